The molecule has 1 aromatic heterocycles. The van der Waals surface area contributed by atoms with Crippen molar-refractivity contribution in [2.75, 3.05) is 19.7 Å². The van der Waals surface area contributed by atoms with Gasteiger partial charge in [-0.15, -0.1) is 0 Å². The van der Waals surface area contributed by atoms with Crippen LogP contribution in [-0.4, -0.2) is 39.2 Å². The zero-order valence-corrected chi connectivity index (χ0v) is 13.7. The summed E-state index contributed by atoms with van der Waals surface area (Å²) in [4.78, 5) is 4.02. The van der Waals surface area contributed by atoms with Crippen LogP contribution < -0.4 is 10.0 Å². The Morgan fingerprint density at radius 1 is 1.33 bits per heavy atom. The van der Waals surface area contributed by atoms with Crippen LogP contribution >= 0.6 is 0 Å². The molecule has 1 atom stereocenters. The highest BCUT2D eigenvalue weighted by atomic mass is 32.2. The fraction of sp³-hybridized carbons (Fsp3) is 0.643. The summed E-state index contributed by atoms with van der Waals surface area (Å²) in [5, 5.41) is 3.27. The van der Waals surface area contributed by atoms with E-state index in [-0.39, 0.29) is 17.7 Å². The summed E-state index contributed by atoms with van der Waals surface area (Å²) in [6.07, 6.45) is 2.48. The molecule has 21 heavy (non-hydrogen) atoms. The standard InChI is InChI=1S/C14H25N3O3S/c1-4-8-15-10-13-6-7-14(16-11-13)21(18,19)17-9-12(3)20-5-2/h6-7,11-12,15,17H,4-5,8-10H2,1-3H3. The van der Waals surface area contributed by atoms with E-state index in [0.29, 0.717) is 13.2 Å². The van der Waals surface area contributed by atoms with Crippen LogP contribution in [0, 0.1) is 0 Å². The Morgan fingerprint density at radius 3 is 2.67 bits per heavy atom. The molecule has 0 aliphatic heterocycles. The number of pyridine rings is 1. The molecule has 2 N–H and O–H groups in total. The Labute approximate surface area is 127 Å². The van der Waals surface area contributed by atoms with Crippen molar-refractivity contribution in [3.8, 4) is 0 Å². The number of hydrogen-bond acceptors (Lipinski definition) is 5. The molecule has 0 aromatic carbocycles. The molecule has 0 aliphatic rings. The van der Waals surface area contributed by atoms with E-state index in [9.17, 15) is 8.42 Å². The smallest absolute Gasteiger partial charge is 0.258 e. The SMILES string of the molecule is CCCNCc1ccc(S(=O)(=O)NCC(C)OCC)nc1. The Kier molecular flexibility index (Phi) is 7.81. The molecule has 0 amide bonds. The van der Waals surface area contributed by atoms with Gasteiger partial charge in [0.15, 0.2) is 5.03 Å². The van der Waals surface area contributed by atoms with Crippen molar-refractivity contribution in [3.63, 3.8) is 0 Å². The number of nitrogens with zero attached hydrogens (tertiary/aromatic N) is 1. The molecule has 0 saturated carbocycles. The van der Waals surface area contributed by atoms with Gasteiger partial charge in [0.25, 0.3) is 10.0 Å². The Hall–Kier alpha value is -1.02. The zero-order chi connectivity index (χ0) is 15.7. The predicted octanol–water partition coefficient (Wildman–Crippen LogP) is 1.28. The molecule has 1 aromatic rings. The Bertz CT molecular complexity index is 503. The maximum Gasteiger partial charge on any atom is 0.258 e. The zero-order valence-electron chi connectivity index (χ0n) is 12.9. The molecule has 7 heteroatoms. The number of sulfonamides is 1. The molecule has 120 valence electrons. The van der Waals surface area contributed by atoms with Crippen molar-refractivity contribution in [1.29, 1.82) is 0 Å². The van der Waals surface area contributed by atoms with Crippen molar-refractivity contribution in [3.05, 3.63) is 23.9 Å². The van der Waals surface area contributed by atoms with Gasteiger partial charge in [0.2, 0.25) is 0 Å². The van der Waals surface area contributed by atoms with Gasteiger partial charge in [0, 0.05) is 25.9 Å². The van der Waals surface area contributed by atoms with Gasteiger partial charge in [-0.1, -0.05) is 13.0 Å². The largest absolute Gasteiger partial charge is 0.377 e. The lowest BCUT2D eigenvalue weighted by Crippen LogP contribution is -2.32. The van der Waals surface area contributed by atoms with Crippen LogP contribution in [0.5, 0.6) is 0 Å². The lowest BCUT2D eigenvalue weighted by molar-refractivity contribution is 0.0799. The second-order valence-electron chi connectivity index (χ2n) is 4.80. The number of ether oxygens (including phenoxy) is 1. The van der Waals surface area contributed by atoms with E-state index in [1.165, 1.54) is 6.07 Å². The summed E-state index contributed by atoms with van der Waals surface area (Å²) in [5.74, 6) is 0. The number of nitrogens with one attached hydrogen (secondary N) is 2. The summed E-state index contributed by atoms with van der Waals surface area (Å²) >= 11 is 0. The maximum atomic E-state index is 12.1. The van der Waals surface area contributed by atoms with Crippen LogP contribution in [0.2, 0.25) is 0 Å². The molecular weight excluding hydrogens is 290 g/mol. The van der Waals surface area contributed by atoms with Gasteiger partial charge < -0.3 is 10.1 Å². The molecule has 0 bridgehead atoms. The Balaban J connectivity index is 2.58. The molecule has 0 fully saturated rings. The van der Waals surface area contributed by atoms with E-state index in [2.05, 4.69) is 21.9 Å². The van der Waals surface area contributed by atoms with Gasteiger partial charge in [0.1, 0.15) is 0 Å². The molecule has 6 nitrogen and oxygen atoms in total. The van der Waals surface area contributed by atoms with Crippen LogP contribution in [0.3, 0.4) is 0 Å². The minimum absolute atomic E-state index is 0.0328. The van der Waals surface area contributed by atoms with Crippen molar-refractivity contribution in [1.82, 2.24) is 15.0 Å². The van der Waals surface area contributed by atoms with E-state index >= 15 is 0 Å². The fourth-order valence-corrected chi connectivity index (χ4v) is 2.77. The van der Waals surface area contributed by atoms with Gasteiger partial charge in [-0.3, -0.25) is 0 Å². The average Bonchev–Trinajstić information content (AvgIpc) is 2.46. The van der Waals surface area contributed by atoms with E-state index in [4.69, 9.17) is 4.74 Å². The second-order valence-corrected chi connectivity index (χ2v) is 6.51. The third-order valence-electron chi connectivity index (χ3n) is 2.84. The minimum Gasteiger partial charge on any atom is -0.377 e. The van der Waals surface area contributed by atoms with Crippen molar-refractivity contribution in [2.45, 2.75) is 44.9 Å². The molecule has 1 rings (SSSR count). The summed E-state index contributed by atoms with van der Waals surface area (Å²) in [5.41, 5.74) is 0.963. The van der Waals surface area contributed by atoms with Crippen molar-refractivity contribution in [2.24, 2.45) is 0 Å². The first-order valence-corrected chi connectivity index (χ1v) is 8.74. The van der Waals surface area contributed by atoms with Gasteiger partial charge in [-0.25, -0.2) is 18.1 Å². The molecule has 0 radical (unpaired) electrons. The first-order valence-electron chi connectivity index (χ1n) is 7.26. The summed E-state index contributed by atoms with van der Waals surface area (Å²) in [6.45, 7) is 8.20. The molecule has 1 heterocycles. The summed E-state index contributed by atoms with van der Waals surface area (Å²) in [7, 11) is -3.58. The number of hydrogen-bond donors (Lipinski definition) is 2. The quantitative estimate of drug-likeness (QED) is 0.636. The monoisotopic (exact) mass is 315 g/mol. The maximum absolute atomic E-state index is 12.1. The highest BCUT2D eigenvalue weighted by Crippen LogP contribution is 2.07. The fourth-order valence-electron chi connectivity index (χ4n) is 1.73. The van der Waals surface area contributed by atoms with E-state index in [1.807, 2.05) is 13.8 Å². The van der Waals surface area contributed by atoms with Crippen molar-refractivity contribution < 1.29 is 13.2 Å². The van der Waals surface area contributed by atoms with Gasteiger partial charge in [-0.05, 0) is 38.4 Å². The lowest BCUT2D eigenvalue weighted by atomic mass is 10.3. The number of aromatic nitrogens is 1. The lowest BCUT2D eigenvalue weighted by Gasteiger charge is -2.12. The molecule has 0 spiro atoms. The van der Waals surface area contributed by atoms with Gasteiger partial charge in [-0.2, -0.15) is 0 Å². The topological polar surface area (TPSA) is 80.3 Å². The predicted molar refractivity (Wildman–Crippen MR) is 82.5 cm³/mol. The molecule has 1 unspecified atom stereocenters. The van der Waals surface area contributed by atoms with Crippen LogP contribution in [-0.2, 0) is 21.3 Å². The number of rotatable bonds is 10. The Morgan fingerprint density at radius 2 is 2.10 bits per heavy atom. The molecular formula is C14H25N3O3S. The highest BCUT2D eigenvalue weighted by molar-refractivity contribution is 7.89. The first-order chi connectivity index (χ1) is 9.99. The summed E-state index contributed by atoms with van der Waals surface area (Å²) in [6, 6.07) is 3.30. The summed E-state index contributed by atoms with van der Waals surface area (Å²) < 4.78 is 31.9. The average molecular weight is 315 g/mol. The van der Waals surface area contributed by atoms with E-state index in [0.717, 1.165) is 18.5 Å². The van der Waals surface area contributed by atoms with Crippen LogP contribution in [0.4, 0.5) is 0 Å². The third kappa shape index (κ3) is 6.52. The minimum atomic E-state index is -3.58. The second kappa shape index (κ2) is 9.09. The third-order valence-corrected chi connectivity index (χ3v) is 4.18. The van der Waals surface area contributed by atoms with E-state index in [1.54, 1.807) is 12.3 Å². The van der Waals surface area contributed by atoms with Crippen LogP contribution in [0.1, 0.15) is 32.8 Å². The highest BCUT2D eigenvalue weighted by Gasteiger charge is 2.16. The molecule has 0 saturated heterocycles. The van der Waals surface area contributed by atoms with Crippen LogP contribution in [0.15, 0.2) is 23.4 Å². The van der Waals surface area contributed by atoms with Crippen LogP contribution in [0.25, 0.3) is 0 Å². The van der Waals surface area contributed by atoms with Gasteiger partial charge in [0.05, 0.1) is 6.10 Å². The first kappa shape index (κ1) is 18.0. The molecule has 0 aliphatic carbocycles. The normalized spacial score (nSPS) is 13.3. The van der Waals surface area contributed by atoms with Gasteiger partial charge >= 0.3 is 0 Å². The van der Waals surface area contributed by atoms with E-state index < -0.39 is 10.0 Å². The van der Waals surface area contributed by atoms with Crippen molar-refractivity contribution >= 4 is 10.0 Å².